The van der Waals surface area contributed by atoms with E-state index in [1.165, 1.54) is 0 Å². The topological polar surface area (TPSA) is 67.0 Å². The second-order valence-electron chi connectivity index (χ2n) is 7.77. The summed E-state index contributed by atoms with van der Waals surface area (Å²) in [7, 11) is 1.59. The van der Waals surface area contributed by atoms with Gasteiger partial charge in [0, 0.05) is 18.3 Å². The van der Waals surface area contributed by atoms with Crippen LogP contribution in [0.5, 0.6) is 5.75 Å². The van der Waals surface area contributed by atoms with E-state index in [0.717, 1.165) is 16.9 Å². The van der Waals surface area contributed by atoms with Crippen molar-refractivity contribution in [3.63, 3.8) is 0 Å². The van der Waals surface area contributed by atoms with Gasteiger partial charge in [0.05, 0.1) is 43.5 Å². The molecule has 0 aliphatic carbocycles. The summed E-state index contributed by atoms with van der Waals surface area (Å²) in [6, 6.07) is 6.94. The molecule has 174 valence electrons. The number of hydrogen-bond acceptors (Lipinski definition) is 5. The molecule has 0 unspecified atom stereocenters. The first kappa shape index (κ1) is 21.9. The number of imidazole rings is 1. The molecular weight excluding hydrogens is 447 g/mol. The predicted octanol–water partition coefficient (Wildman–Crippen LogP) is 4.49. The number of benzene rings is 2. The number of nitrogens with zero attached hydrogens (tertiary/aromatic N) is 5. The first-order valence-electron chi connectivity index (χ1n) is 10.5. The van der Waals surface area contributed by atoms with Gasteiger partial charge in [-0.1, -0.05) is 12.1 Å². The summed E-state index contributed by atoms with van der Waals surface area (Å²) in [5, 5.41) is 4.41. The van der Waals surface area contributed by atoms with Crippen LogP contribution in [0.1, 0.15) is 34.6 Å². The maximum atomic E-state index is 14.3. The van der Waals surface area contributed by atoms with Crippen LogP contribution in [0.25, 0.3) is 17.8 Å². The lowest BCUT2D eigenvalue weighted by atomic mass is 10.1. The maximum Gasteiger partial charge on any atom is 0.174 e. The van der Waals surface area contributed by atoms with Gasteiger partial charge in [-0.05, 0) is 30.7 Å². The quantitative estimate of drug-likeness (QED) is 0.433. The molecule has 5 rings (SSSR count). The molecule has 0 saturated carbocycles. The summed E-state index contributed by atoms with van der Waals surface area (Å²) in [4.78, 5) is 8.65. The molecule has 10 heteroatoms. The third-order valence-electron chi connectivity index (χ3n) is 5.46. The van der Waals surface area contributed by atoms with E-state index in [1.807, 2.05) is 42.0 Å². The number of fused-ring (bicyclic) bond motifs is 1. The third-order valence-corrected chi connectivity index (χ3v) is 5.46. The Kier molecular flexibility index (Phi) is 5.66. The average molecular weight is 467 g/mol. The van der Waals surface area contributed by atoms with Crippen molar-refractivity contribution in [2.75, 3.05) is 13.7 Å². The Bertz CT molecular complexity index is 1370. The first-order chi connectivity index (χ1) is 16.4. The first-order valence-corrected chi connectivity index (χ1v) is 10.5. The second kappa shape index (κ2) is 8.79. The van der Waals surface area contributed by atoms with Crippen molar-refractivity contribution in [2.24, 2.45) is 0 Å². The van der Waals surface area contributed by atoms with Gasteiger partial charge in [0.1, 0.15) is 29.3 Å². The van der Waals surface area contributed by atoms with Crippen LogP contribution in [-0.4, -0.2) is 38.0 Å². The molecule has 0 amide bonds. The standard InChI is InChI=1S/C24H20F3N5O2/c1-14-12-31(13-28-14)19-5-3-15(9-20(19)33-2)4-6-21-29-24-23(34-8-7-32(24)30-21)22-17(26)10-16(25)11-18(22)27/h3-6,9-13,23H,7-8H2,1-2H3/b6-4+/t23-/m0/s1. The van der Waals surface area contributed by atoms with Gasteiger partial charge in [-0.15, -0.1) is 0 Å². The number of hydrogen-bond donors (Lipinski definition) is 0. The minimum atomic E-state index is -1.12. The van der Waals surface area contributed by atoms with Gasteiger partial charge in [0.2, 0.25) is 0 Å². The molecule has 0 bridgehead atoms. The molecule has 4 aromatic rings. The van der Waals surface area contributed by atoms with Gasteiger partial charge in [-0.3, -0.25) is 0 Å². The van der Waals surface area contributed by atoms with Gasteiger partial charge in [0.25, 0.3) is 0 Å². The van der Waals surface area contributed by atoms with E-state index in [4.69, 9.17) is 9.47 Å². The molecule has 2 aromatic heterocycles. The van der Waals surface area contributed by atoms with Crippen molar-refractivity contribution < 1.29 is 22.6 Å². The Morgan fingerprint density at radius 2 is 1.91 bits per heavy atom. The van der Waals surface area contributed by atoms with E-state index < -0.39 is 23.6 Å². The Morgan fingerprint density at radius 1 is 1.12 bits per heavy atom. The molecule has 34 heavy (non-hydrogen) atoms. The predicted molar refractivity (Wildman–Crippen MR) is 118 cm³/mol. The van der Waals surface area contributed by atoms with Crippen LogP contribution in [0.15, 0.2) is 42.9 Å². The van der Waals surface area contributed by atoms with Crippen LogP contribution in [0.4, 0.5) is 13.2 Å². The van der Waals surface area contributed by atoms with E-state index >= 15 is 0 Å². The molecule has 0 radical (unpaired) electrons. The van der Waals surface area contributed by atoms with Crippen LogP contribution >= 0.6 is 0 Å². The van der Waals surface area contributed by atoms with Crippen LogP contribution < -0.4 is 4.74 Å². The fourth-order valence-electron chi connectivity index (χ4n) is 3.88. The summed E-state index contributed by atoms with van der Waals surface area (Å²) in [6.45, 7) is 2.47. The average Bonchev–Trinajstić information content (AvgIpc) is 3.43. The molecule has 3 heterocycles. The van der Waals surface area contributed by atoms with Gasteiger partial charge < -0.3 is 14.0 Å². The molecule has 7 nitrogen and oxygen atoms in total. The molecule has 1 aliphatic heterocycles. The molecule has 0 spiro atoms. The monoisotopic (exact) mass is 467 g/mol. The molecule has 1 aliphatic rings. The largest absolute Gasteiger partial charge is 0.495 e. The SMILES string of the molecule is COc1cc(/C=C/c2nc3n(n2)CCO[C@H]3c2c(F)cc(F)cc2F)ccc1-n1cnc(C)c1. The summed E-state index contributed by atoms with van der Waals surface area (Å²) in [5.41, 5.74) is 2.19. The number of halogens is 3. The minimum Gasteiger partial charge on any atom is -0.495 e. The summed E-state index contributed by atoms with van der Waals surface area (Å²) in [5.74, 6) is -1.80. The maximum absolute atomic E-state index is 14.3. The number of ether oxygens (including phenoxy) is 2. The van der Waals surface area contributed by atoms with Crippen molar-refractivity contribution >= 4 is 12.2 Å². The van der Waals surface area contributed by atoms with E-state index in [1.54, 1.807) is 24.2 Å². The number of aromatic nitrogens is 5. The van der Waals surface area contributed by atoms with Gasteiger partial charge >= 0.3 is 0 Å². The highest BCUT2D eigenvalue weighted by atomic mass is 19.1. The van der Waals surface area contributed by atoms with Crippen molar-refractivity contribution in [3.8, 4) is 11.4 Å². The molecule has 1 atom stereocenters. The highest BCUT2D eigenvalue weighted by molar-refractivity contribution is 5.69. The van der Waals surface area contributed by atoms with Crippen LogP contribution in [0.2, 0.25) is 0 Å². The highest BCUT2D eigenvalue weighted by Gasteiger charge is 2.31. The lowest BCUT2D eigenvalue weighted by Gasteiger charge is -2.23. The van der Waals surface area contributed by atoms with Crippen LogP contribution in [0, 0.1) is 24.4 Å². The Labute approximate surface area is 193 Å². The molecule has 0 N–H and O–H groups in total. The highest BCUT2D eigenvalue weighted by Crippen LogP contribution is 2.32. The lowest BCUT2D eigenvalue weighted by Crippen LogP contribution is -2.25. The Hall–Kier alpha value is -3.92. The molecular formula is C24H20F3N5O2. The van der Waals surface area contributed by atoms with Crippen molar-refractivity contribution in [1.82, 2.24) is 24.3 Å². The van der Waals surface area contributed by atoms with Crippen LogP contribution in [0.3, 0.4) is 0 Å². The van der Waals surface area contributed by atoms with E-state index in [0.29, 0.717) is 30.3 Å². The minimum absolute atomic E-state index is 0.187. The molecule has 0 fully saturated rings. The molecule has 2 aromatic carbocycles. The zero-order valence-electron chi connectivity index (χ0n) is 18.4. The smallest absolute Gasteiger partial charge is 0.174 e. The fourth-order valence-corrected chi connectivity index (χ4v) is 3.88. The van der Waals surface area contributed by atoms with Crippen LogP contribution in [-0.2, 0) is 11.3 Å². The van der Waals surface area contributed by atoms with Crippen molar-refractivity contribution in [2.45, 2.75) is 19.6 Å². The second-order valence-corrected chi connectivity index (χ2v) is 7.77. The van der Waals surface area contributed by atoms with E-state index in [9.17, 15) is 13.2 Å². The summed E-state index contributed by atoms with van der Waals surface area (Å²) < 4.78 is 56.6. The third kappa shape index (κ3) is 4.08. The van der Waals surface area contributed by atoms with E-state index in [2.05, 4.69) is 15.1 Å². The molecule has 0 saturated heterocycles. The van der Waals surface area contributed by atoms with Crippen molar-refractivity contribution in [1.29, 1.82) is 0 Å². The van der Waals surface area contributed by atoms with Gasteiger partial charge in [-0.25, -0.2) is 27.8 Å². The number of methoxy groups -OCH3 is 1. The number of aryl methyl sites for hydroxylation is 1. The fraction of sp³-hybridized carbons (Fsp3) is 0.208. The Balaban J connectivity index is 1.43. The van der Waals surface area contributed by atoms with E-state index in [-0.39, 0.29) is 18.0 Å². The number of rotatable bonds is 5. The van der Waals surface area contributed by atoms with Gasteiger partial charge in [-0.2, -0.15) is 5.10 Å². The zero-order chi connectivity index (χ0) is 23.8. The lowest BCUT2D eigenvalue weighted by molar-refractivity contribution is 0.0346. The van der Waals surface area contributed by atoms with Gasteiger partial charge in [0.15, 0.2) is 11.6 Å². The Morgan fingerprint density at radius 3 is 2.62 bits per heavy atom. The van der Waals surface area contributed by atoms with Crippen molar-refractivity contribution in [3.05, 3.63) is 88.8 Å². The zero-order valence-corrected chi connectivity index (χ0v) is 18.4. The summed E-state index contributed by atoms with van der Waals surface area (Å²) >= 11 is 0. The normalized spacial score (nSPS) is 15.6. The summed E-state index contributed by atoms with van der Waals surface area (Å²) in [6.07, 6.45) is 5.99.